The second-order valence-corrected chi connectivity index (χ2v) is 4.77. The molecule has 1 aliphatic heterocycles. The molecule has 0 aromatic heterocycles. The highest BCUT2D eigenvalue weighted by molar-refractivity contribution is 4.77. The molecule has 0 spiro atoms. The van der Waals surface area contributed by atoms with Crippen molar-refractivity contribution >= 4 is 0 Å². The van der Waals surface area contributed by atoms with E-state index in [1.807, 2.05) is 6.08 Å². The fourth-order valence-corrected chi connectivity index (χ4v) is 2.29. The summed E-state index contributed by atoms with van der Waals surface area (Å²) in [4.78, 5) is 2.49. The first-order valence-corrected chi connectivity index (χ1v) is 7.01. The van der Waals surface area contributed by atoms with Crippen molar-refractivity contribution in [2.24, 2.45) is 0 Å². The summed E-state index contributed by atoms with van der Waals surface area (Å²) in [6.45, 7) is 12.4. The van der Waals surface area contributed by atoms with Crippen LogP contribution in [0.3, 0.4) is 0 Å². The van der Waals surface area contributed by atoms with Crippen LogP contribution in [0.15, 0.2) is 12.7 Å². The zero-order valence-electron chi connectivity index (χ0n) is 11.3. The van der Waals surface area contributed by atoms with Gasteiger partial charge in [-0.3, -0.25) is 4.90 Å². The van der Waals surface area contributed by atoms with Gasteiger partial charge in [0.05, 0.1) is 13.2 Å². The first-order valence-electron chi connectivity index (χ1n) is 7.01. The number of hydrogen-bond acceptors (Lipinski definition) is 3. The lowest BCUT2D eigenvalue weighted by atomic mass is 10.1. The lowest BCUT2D eigenvalue weighted by molar-refractivity contribution is 0.0374. The molecule has 3 heteroatoms. The molecule has 100 valence electrons. The molecule has 0 radical (unpaired) electrons. The van der Waals surface area contributed by atoms with Gasteiger partial charge in [-0.2, -0.15) is 0 Å². The van der Waals surface area contributed by atoms with Gasteiger partial charge < -0.3 is 10.1 Å². The molecule has 0 aliphatic carbocycles. The molecular weight excluding hydrogens is 212 g/mol. The van der Waals surface area contributed by atoms with Crippen LogP contribution < -0.4 is 5.32 Å². The molecule has 1 atom stereocenters. The van der Waals surface area contributed by atoms with E-state index in [-0.39, 0.29) is 0 Å². The van der Waals surface area contributed by atoms with E-state index in [4.69, 9.17) is 4.74 Å². The SMILES string of the molecule is C=CCC(CCC)NCCCN1CCOCC1. The molecule has 1 N–H and O–H groups in total. The van der Waals surface area contributed by atoms with Gasteiger partial charge in [-0.05, 0) is 32.4 Å². The van der Waals surface area contributed by atoms with E-state index in [2.05, 4.69) is 23.7 Å². The first-order chi connectivity index (χ1) is 8.36. The molecule has 0 saturated carbocycles. The van der Waals surface area contributed by atoms with Gasteiger partial charge in [0.25, 0.3) is 0 Å². The lowest BCUT2D eigenvalue weighted by Gasteiger charge is -2.26. The van der Waals surface area contributed by atoms with Crippen molar-refractivity contribution in [1.82, 2.24) is 10.2 Å². The number of ether oxygens (including phenoxy) is 1. The van der Waals surface area contributed by atoms with Crippen LogP contribution in [0, 0.1) is 0 Å². The summed E-state index contributed by atoms with van der Waals surface area (Å²) in [5.74, 6) is 0. The van der Waals surface area contributed by atoms with Crippen LogP contribution in [0.5, 0.6) is 0 Å². The predicted molar refractivity (Wildman–Crippen MR) is 73.4 cm³/mol. The maximum Gasteiger partial charge on any atom is 0.0594 e. The predicted octanol–water partition coefficient (Wildman–Crippen LogP) is 2.04. The standard InChI is InChI=1S/C14H28N2O/c1-3-6-14(7-4-2)15-8-5-9-16-10-12-17-13-11-16/h3,14-15H,1,4-13H2,2H3. The maximum atomic E-state index is 5.34. The highest BCUT2D eigenvalue weighted by Gasteiger charge is 2.09. The molecule has 0 aromatic carbocycles. The summed E-state index contributed by atoms with van der Waals surface area (Å²) in [6.07, 6.45) is 6.84. The minimum atomic E-state index is 0.627. The van der Waals surface area contributed by atoms with E-state index in [0.29, 0.717) is 6.04 Å². The Labute approximate surface area is 106 Å². The molecule has 1 saturated heterocycles. The molecule has 1 fully saturated rings. The van der Waals surface area contributed by atoms with Crippen LogP contribution in [0.4, 0.5) is 0 Å². The van der Waals surface area contributed by atoms with Gasteiger partial charge in [-0.15, -0.1) is 6.58 Å². The van der Waals surface area contributed by atoms with Gasteiger partial charge in [0.15, 0.2) is 0 Å². The van der Waals surface area contributed by atoms with Crippen LogP contribution in [-0.4, -0.2) is 50.3 Å². The third kappa shape index (κ3) is 6.81. The summed E-state index contributed by atoms with van der Waals surface area (Å²) < 4.78 is 5.34. The zero-order chi connectivity index (χ0) is 12.3. The van der Waals surface area contributed by atoms with Crippen LogP contribution in [-0.2, 0) is 4.74 Å². The first kappa shape index (κ1) is 14.7. The monoisotopic (exact) mass is 240 g/mol. The minimum Gasteiger partial charge on any atom is -0.379 e. The fourth-order valence-electron chi connectivity index (χ4n) is 2.29. The largest absolute Gasteiger partial charge is 0.379 e. The highest BCUT2D eigenvalue weighted by Crippen LogP contribution is 2.03. The molecule has 0 bridgehead atoms. The average molecular weight is 240 g/mol. The fraction of sp³-hybridized carbons (Fsp3) is 0.857. The van der Waals surface area contributed by atoms with Gasteiger partial charge >= 0.3 is 0 Å². The molecule has 1 unspecified atom stereocenters. The lowest BCUT2D eigenvalue weighted by Crippen LogP contribution is -2.38. The Morgan fingerprint density at radius 3 is 2.82 bits per heavy atom. The number of nitrogens with one attached hydrogen (secondary N) is 1. The summed E-state index contributed by atoms with van der Waals surface area (Å²) in [7, 11) is 0. The van der Waals surface area contributed by atoms with E-state index >= 15 is 0 Å². The Morgan fingerprint density at radius 2 is 2.18 bits per heavy atom. The van der Waals surface area contributed by atoms with Crippen LogP contribution in [0.2, 0.25) is 0 Å². The van der Waals surface area contributed by atoms with Crippen LogP contribution in [0.25, 0.3) is 0 Å². The van der Waals surface area contributed by atoms with Crippen LogP contribution >= 0.6 is 0 Å². The van der Waals surface area contributed by atoms with Gasteiger partial charge in [0.1, 0.15) is 0 Å². The Morgan fingerprint density at radius 1 is 1.41 bits per heavy atom. The van der Waals surface area contributed by atoms with Crippen molar-refractivity contribution in [2.75, 3.05) is 39.4 Å². The van der Waals surface area contributed by atoms with Crippen molar-refractivity contribution in [3.8, 4) is 0 Å². The van der Waals surface area contributed by atoms with Gasteiger partial charge in [0.2, 0.25) is 0 Å². The number of rotatable bonds is 9. The van der Waals surface area contributed by atoms with E-state index in [1.165, 1.54) is 25.8 Å². The van der Waals surface area contributed by atoms with E-state index in [1.54, 1.807) is 0 Å². The molecular formula is C14H28N2O. The van der Waals surface area contributed by atoms with Gasteiger partial charge in [-0.1, -0.05) is 19.4 Å². The summed E-state index contributed by atoms with van der Waals surface area (Å²) in [6, 6.07) is 0.627. The second-order valence-electron chi connectivity index (χ2n) is 4.77. The zero-order valence-corrected chi connectivity index (χ0v) is 11.3. The van der Waals surface area contributed by atoms with Crippen LogP contribution in [0.1, 0.15) is 32.6 Å². The molecule has 1 rings (SSSR count). The van der Waals surface area contributed by atoms with Crippen molar-refractivity contribution in [3.05, 3.63) is 12.7 Å². The second kappa shape index (κ2) is 9.63. The summed E-state index contributed by atoms with van der Waals surface area (Å²) in [5, 5.41) is 3.63. The smallest absolute Gasteiger partial charge is 0.0594 e. The van der Waals surface area contributed by atoms with Gasteiger partial charge in [-0.25, -0.2) is 0 Å². The topological polar surface area (TPSA) is 24.5 Å². The van der Waals surface area contributed by atoms with E-state index < -0.39 is 0 Å². The quantitative estimate of drug-likeness (QED) is 0.493. The van der Waals surface area contributed by atoms with E-state index in [9.17, 15) is 0 Å². The Balaban J connectivity index is 2.02. The van der Waals surface area contributed by atoms with E-state index in [0.717, 1.165) is 39.3 Å². The molecule has 17 heavy (non-hydrogen) atoms. The average Bonchev–Trinajstić information content (AvgIpc) is 2.36. The number of nitrogens with zero attached hydrogens (tertiary/aromatic N) is 1. The molecule has 0 amide bonds. The highest BCUT2D eigenvalue weighted by atomic mass is 16.5. The van der Waals surface area contributed by atoms with Crippen molar-refractivity contribution in [3.63, 3.8) is 0 Å². The number of morpholine rings is 1. The summed E-state index contributed by atoms with van der Waals surface area (Å²) >= 11 is 0. The van der Waals surface area contributed by atoms with Gasteiger partial charge in [0, 0.05) is 19.1 Å². The summed E-state index contributed by atoms with van der Waals surface area (Å²) in [5.41, 5.74) is 0. The Bertz CT molecular complexity index is 191. The van der Waals surface area contributed by atoms with Crippen molar-refractivity contribution < 1.29 is 4.74 Å². The maximum absolute atomic E-state index is 5.34. The van der Waals surface area contributed by atoms with Crippen molar-refractivity contribution in [2.45, 2.75) is 38.6 Å². The van der Waals surface area contributed by atoms with Crippen molar-refractivity contribution in [1.29, 1.82) is 0 Å². The Hall–Kier alpha value is -0.380. The minimum absolute atomic E-state index is 0.627. The Kier molecular flexibility index (Phi) is 8.32. The molecule has 1 aliphatic rings. The molecule has 3 nitrogen and oxygen atoms in total. The third-order valence-electron chi connectivity index (χ3n) is 3.28. The number of hydrogen-bond donors (Lipinski definition) is 1. The normalized spacial score (nSPS) is 19.1. The molecule has 0 aromatic rings. The molecule has 1 heterocycles. The third-order valence-corrected chi connectivity index (χ3v) is 3.28.